The maximum absolute atomic E-state index is 12.2. The fraction of sp³-hybridized carbons (Fsp3) is 0.846. The zero-order valence-electron chi connectivity index (χ0n) is 11.7. The third kappa shape index (κ3) is 4.80. The second-order valence-corrected chi connectivity index (χ2v) is 5.59. The number of carbonyl (C=O) groups is 2. The van der Waals surface area contributed by atoms with Crippen molar-refractivity contribution in [3.8, 4) is 0 Å². The number of amides is 1. The van der Waals surface area contributed by atoms with E-state index in [4.69, 9.17) is 15.6 Å². The van der Waals surface area contributed by atoms with E-state index in [9.17, 15) is 9.59 Å². The van der Waals surface area contributed by atoms with Crippen LogP contribution in [0.4, 0.5) is 0 Å². The van der Waals surface area contributed by atoms with Crippen LogP contribution in [0.5, 0.6) is 0 Å². The normalized spacial score (nSPS) is 17.5. The molecule has 0 atom stereocenters. The van der Waals surface area contributed by atoms with Gasteiger partial charge in [0, 0.05) is 19.6 Å². The summed E-state index contributed by atoms with van der Waals surface area (Å²) in [6, 6.07) is 0. The zero-order chi connectivity index (χ0) is 14.5. The number of hydrogen-bond donors (Lipinski definition) is 2. The van der Waals surface area contributed by atoms with Gasteiger partial charge in [-0.25, -0.2) is 0 Å². The molecule has 1 heterocycles. The molecule has 0 aliphatic carbocycles. The summed E-state index contributed by atoms with van der Waals surface area (Å²) in [6.45, 7) is 5.58. The molecular weight excluding hydrogens is 248 g/mol. The van der Waals surface area contributed by atoms with Crippen molar-refractivity contribution in [1.29, 1.82) is 0 Å². The molecule has 6 nitrogen and oxygen atoms in total. The summed E-state index contributed by atoms with van der Waals surface area (Å²) in [7, 11) is 0. The van der Waals surface area contributed by atoms with Crippen LogP contribution in [0.15, 0.2) is 0 Å². The highest BCUT2D eigenvalue weighted by molar-refractivity contribution is 5.82. The minimum absolute atomic E-state index is 0.0271. The lowest BCUT2D eigenvalue weighted by molar-refractivity contribution is -0.142. The van der Waals surface area contributed by atoms with Gasteiger partial charge in [0.25, 0.3) is 0 Å². The number of ether oxygens (including phenoxy) is 1. The van der Waals surface area contributed by atoms with E-state index in [-0.39, 0.29) is 25.0 Å². The molecule has 110 valence electrons. The lowest BCUT2D eigenvalue weighted by Crippen LogP contribution is -2.48. The molecule has 1 aliphatic heterocycles. The highest BCUT2D eigenvalue weighted by atomic mass is 16.5. The van der Waals surface area contributed by atoms with Crippen LogP contribution in [0, 0.1) is 5.41 Å². The summed E-state index contributed by atoms with van der Waals surface area (Å²) in [5, 5.41) is 8.53. The van der Waals surface area contributed by atoms with Crippen LogP contribution in [0.2, 0.25) is 0 Å². The Morgan fingerprint density at radius 2 is 1.95 bits per heavy atom. The minimum Gasteiger partial charge on any atom is -0.481 e. The molecule has 0 radical (unpaired) electrons. The van der Waals surface area contributed by atoms with Gasteiger partial charge in [-0.1, -0.05) is 0 Å². The fourth-order valence-electron chi connectivity index (χ4n) is 2.05. The van der Waals surface area contributed by atoms with Gasteiger partial charge in [-0.05, 0) is 26.7 Å². The highest BCUT2D eigenvalue weighted by Crippen LogP contribution is 2.21. The van der Waals surface area contributed by atoms with E-state index >= 15 is 0 Å². The average Bonchev–Trinajstić information content (AvgIpc) is 2.38. The molecule has 1 amide bonds. The molecule has 0 aromatic carbocycles. The van der Waals surface area contributed by atoms with Crippen molar-refractivity contribution in [3.63, 3.8) is 0 Å². The topological polar surface area (TPSA) is 92.9 Å². The summed E-state index contributed by atoms with van der Waals surface area (Å²) in [5.41, 5.74) is 5.09. The molecule has 0 aromatic heterocycles. The maximum Gasteiger partial charge on any atom is 0.305 e. The number of carboxylic acid groups (broad SMARTS) is 1. The Bertz CT molecular complexity index is 323. The second kappa shape index (κ2) is 6.86. The Hall–Kier alpha value is -1.14. The minimum atomic E-state index is -0.850. The summed E-state index contributed by atoms with van der Waals surface area (Å²) < 4.78 is 5.49. The lowest BCUT2D eigenvalue weighted by Gasteiger charge is -2.36. The largest absolute Gasteiger partial charge is 0.481 e. The quantitative estimate of drug-likeness (QED) is 0.732. The first-order valence-electron chi connectivity index (χ1n) is 6.69. The van der Waals surface area contributed by atoms with E-state index in [2.05, 4.69) is 0 Å². The second-order valence-electron chi connectivity index (χ2n) is 5.59. The Morgan fingerprint density at radius 1 is 1.37 bits per heavy atom. The molecule has 0 bridgehead atoms. The van der Waals surface area contributed by atoms with E-state index in [1.165, 1.54) is 0 Å². The van der Waals surface area contributed by atoms with Crippen molar-refractivity contribution in [1.82, 2.24) is 4.90 Å². The Labute approximate surface area is 113 Å². The van der Waals surface area contributed by atoms with Crippen LogP contribution in [-0.4, -0.2) is 54.2 Å². The van der Waals surface area contributed by atoms with Gasteiger partial charge in [0.15, 0.2) is 0 Å². The van der Waals surface area contributed by atoms with Crippen molar-refractivity contribution in [2.45, 2.75) is 39.2 Å². The third-order valence-corrected chi connectivity index (χ3v) is 3.49. The van der Waals surface area contributed by atoms with E-state index in [0.29, 0.717) is 19.6 Å². The van der Waals surface area contributed by atoms with Crippen LogP contribution < -0.4 is 5.73 Å². The van der Waals surface area contributed by atoms with Crippen LogP contribution in [0.25, 0.3) is 0 Å². The van der Waals surface area contributed by atoms with Crippen LogP contribution in [0.3, 0.4) is 0 Å². The third-order valence-electron chi connectivity index (χ3n) is 3.49. The molecule has 0 aromatic rings. The van der Waals surface area contributed by atoms with E-state index < -0.39 is 11.4 Å². The smallest absolute Gasteiger partial charge is 0.305 e. The van der Waals surface area contributed by atoms with Crippen LogP contribution in [-0.2, 0) is 14.3 Å². The van der Waals surface area contributed by atoms with Crippen LogP contribution in [0.1, 0.15) is 33.1 Å². The van der Waals surface area contributed by atoms with Gasteiger partial charge in [0.1, 0.15) is 0 Å². The van der Waals surface area contributed by atoms with Gasteiger partial charge in [0.05, 0.1) is 24.5 Å². The number of carbonyl (C=O) groups excluding carboxylic acids is 1. The molecule has 0 saturated carbocycles. The predicted molar refractivity (Wildman–Crippen MR) is 70.6 cm³/mol. The number of piperidine rings is 1. The highest BCUT2D eigenvalue weighted by Gasteiger charge is 2.33. The first-order chi connectivity index (χ1) is 8.86. The van der Waals surface area contributed by atoms with Gasteiger partial charge in [0.2, 0.25) is 5.91 Å². The Morgan fingerprint density at radius 3 is 2.42 bits per heavy atom. The molecule has 6 heteroatoms. The molecule has 1 fully saturated rings. The Balaban J connectivity index is 2.33. The number of rotatable bonds is 6. The average molecular weight is 272 g/mol. The van der Waals surface area contributed by atoms with Gasteiger partial charge < -0.3 is 20.5 Å². The first-order valence-corrected chi connectivity index (χ1v) is 6.69. The number of hydrogen-bond acceptors (Lipinski definition) is 4. The van der Waals surface area contributed by atoms with E-state index in [1.54, 1.807) is 0 Å². The Kier molecular flexibility index (Phi) is 5.75. The van der Waals surface area contributed by atoms with Crippen molar-refractivity contribution in [2.75, 3.05) is 26.2 Å². The molecule has 0 unspecified atom stereocenters. The maximum atomic E-state index is 12.2. The number of nitrogens with zero attached hydrogens (tertiary/aromatic N) is 1. The molecule has 19 heavy (non-hydrogen) atoms. The molecule has 1 rings (SSSR count). The number of likely N-dealkylation sites (tertiary alicyclic amines) is 1. The summed E-state index contributed by atoms with van der Waals surface area (Å²) in [4.78, 5) is 24.4. The van der Waals surface area contributed by atoms with E-state index in [1.807, 2.05) is 18.7 Å². The van der Waals surface area contributed by atoms with Crippen molar-refractivity contribution in [2.24, 2.45) is 11.1 Å². The molecule has 3 N–H and O–H groups in total. The standard InChI is InChI=1S/C13H24N2O4/c1-13(2,9-14)12(18)15-6-3-10(4-7-15)19-8-5-11(16)17/h10H,3-9,14H2,1-2H3,(H,16,17). The van der Waals surface area contributed by atoms with Crippen molar-refractivity contribution >= 4 is 11.9 Å². The van der Waals surface area contributed by atoms with Crippen LogP contribution >= 0.6 is 0 Å². The first kappa shape index (κ1) is 15.9. The predicted octanol–water partition coefficient (Wildman–Crippen LogP) is 0.454. The SMILES string of the molecule is CC(C)(CN)C(=O)N1CCC(OCCC(=O)O)CC1. The number of nitrogens with two attached hydrogens (primary N) is 1. The fourth-order valence-corrected chi connectivity index (χ4v) is 2.05. The van der Waals surface area contributed by atoms with Gasteiger partial charge in [-0.3, -0.25) is 9.59 Å². The molecule has 0 spiro atoms. The summed E-state index contributed by atoms with van der Waals surface area (Å²) in [5.74, 6) is -0.767. The number of carboxylic acids is 1. The van der Waals surface area contributed by atoms with Crippen molar-refractivity contribution < 1.29 is 19.4 Å². The van der Waals surface area contributed by atoms with Crippen molar-refractivity contribution in [3.05, 3.63) is 0 Å². The molecule has 1 saturated heterocycles. The van der Waals surface area contributed by atoms with Gasteiger partial charge in [-0.15, -0.1) is 0 Å². The summed E-state index contributed by atoms with van der Waals surface area (Å²) >= 11 is 0. The zero-order valence-corrected chi connectivity index (χ0v) is 11.7. The lowest BCUT2D eigenvalue weighted by atomic mass is 9.91. The molecular formula is C13H24N2O4. The van der Waals surface area contributed by atoms with Gasteiger partial charge in [-0.2, -0.15) is 0 Å². The summed E-state index contributed by atoms with van der Waals surface area (Å²) in [6.07, 6.45) is 1.60. The molecule has 1 aliphatic rings. The monoisotopic (exact) mass is 272 g/mol. The van der Waals surface area contributed by atoms with Gasteiger partial charge >= 0.3 is 5.97 Å². The number of aliphatic carboxylic acids is 1. The van der Waals surface area contributed by atoms with E-state index in [0.717, 1.165) is 12.8 Å².